The van der Waals surface area contributed by atoms with Crippen molar-refractivity contribution < 1.29 is 14.3 Å². The summed E-state index contributed by atoms with van der Waals surface area (Å²) in [6.45, 7) is 2.39. The van der Waals surface area contributed by atoms with Crippen LogP contribution in [0.5, 0.6) is 0 Å². The molecular weight excluding hydrogens is 256 g/mol. The van der Waals surface area contributed by atoms with E-state index in [1.165, 1.54) is 12.0 Å². The van der Waals surface area contributed by atoms with Crippen molar-refractivity contribution in [2.24, 2.45) is 7.05 Å². The molecule has 0 saturated carbocycles. The normalized spacial score (nSPS) is 10.2. The highest BCUT2D eigenvalue weighted by molar-refractivity contribution is 6.31. The average Bonchev–Trinajstić information content (AvgIpc) is 2.66. The Hall–Kier alpha value is -1.49. The van der Waals surface area contributed by atoms with Crippen LogP contribution in [0.25, 0.3) is 0 Å². The smallest absolute Gasteiger partial charge is 0.325 e. The average molecular weight is 273 g/mol. The summed E-state index contributed by atoms with van der Waals surface area (Å²) in [5.74, 6) is -0.659. The zero-order chi connectivity index (χ0) is 13.7. The Morgan fingerprint density at radius 3 is 2.61 bits per heavy atom. The van der Waals surface area contributed by atoms with Gasteiger partial charge in [0.25, 0.3) is 5.91 Å². The van der Waals surface area contributed by atoms with Crippen molar-refractivity contribution in [3.05, 3.63) is 23.0 Å². The van der Waals surface area contributed by atoms with Crippen molar-refractivity contribution in [2.75, 3.05) is 20.2 Å². The predicted octanol–water partition coefficient (Wildman–Crippen LogP) is 1.70. The van der Waals surface area contributed by atoms with Gasteiger partial charge in [0, 0.05) is 19.8 Å². The third-order valence-corrected chi connectivity index (χ3v) is 2.73. The van der Waals surface area contributed by atoms with Gasteiger partial charge in [-0.15, -0.1) is 0 Å². The van der Waals surface area contributed by atoms with Crippen LogP contribution in [0.1, 0.15) is 23.8 Å². The second-order valence-electron chi connectivity index (χ2n) is 3.96. The molecule has 0 aliphatic rings. The number of amides is 1. The fourth-order valence-electron chi connectivity index (χ4n) is 1.64. The van der Waals surface area contributed by atoms with Gasteiger partial charge in [-0.1, -0.05) is 18.5 Å². The molecule has 1 aromatic heterocycles. The van der Waals surface area contributed by atoms with Crippen molar-refractivity contribution in [3.8, 4) is 0 Å². The lowest BCUT2D eigenvalue weighted by Gasteiger charge is -2.20. The van der Waals surface area contributed by atoms with Crippen molar-refractivity contribution in [1.82, 2.24) is 9.47 Å². The number of carbonyl (C=O) groups excluding carboxylic acids is 2. The van der Waals surface area contributed by atoms with E-state index in [0.717, 1.165) is 6.42 Å². The molecule has 0 unspecified atom stereocenters. The highest BCUT2D eigenvalue weighted by atomic mass is 35.5. The molecule has 1 amide bonds. The maximum absolute atomic E-state index is 12.3. The maximum atomic E-state index is 12.3. The van der Waals surface area contributed by atoms with E-state index in [1.807, 2.05) is 6.92 Å². The molecule has 0 N–H and O–H groups in total. The molecule has 0 radical (unpaired) electrons. The van der Waals surface area contributed by atoms with Gasteiger partial charge >= 0.3 is 5.97 Å². The monoisotopic (exact) mass is 272 g/mol. The van der Waals surface area contributed by atoms with E-state index in [4.69, 9.17) is 11.6 Å². The van der Waals surface area contributed by atoms with E-state index in [-0.39, 0.29) is 12.5 Å². The summed E-state index contributed by atoms with van der Waals surface area (Å²) in [5, 5.41) is 0.496. The summed E-state index contributed by atoms with van der Waals surface area (Å²) in [6.07, 6.45) is 2.41. The van der Waals surface area contributed by atoms with Crippen LogP contribution in [-0.2, 0) is 16.6 Å². The minimum atomic E-state index is -0.433. The lowest BCUT2D eigenvalue weighted by Crippen LogP contribution is -2.37. The van der Waals surface area contributed by atoms with Gasteiger partial charge in [-0.05, 0) is 12.5 Å². The van der Waals surface area contributed by atoms with Crippen molar-refractivity contribution >= 4 is 23.5 Å². The zero-order valence-corrected chi connectivity index (χ0v) is 11.5. The first-order chi connectivity index (χ1) is 8.49. The highest BCUT2D eigenvalue weighted by Gasteiger charge is 2.21. The molecule has 1 heterocycles. The van der Waals surface area contributed by atoms with Crippen LogP contribution in [0.15, 0.2) is 12.3 Å². The molecule has 0 aromatic carbocycles. The van der Waals surface area contributed by atoms with Crippen LogP contribution in [0, 0.1) is 0 Å². The maximum Gasteiger partial charge on any atom is 0.325 e. The lowest BCUT2D eigenvalue weighted by atomic mass is 10.3. The van der Waals surface area contributed by atoms with E-state index < -0.39 is 5.97 Å². The number of aryl methyl sites for hydroxylation is 1. The van der Waals surface area contributed by atoms with Crippen LogP contribution >= 0.6 is 11.6 Å². The van der Waals surface area contributed by atoms with E-state index in [2.05, 4.69) is 4.74 Å². The fourth-order valence-corrected chi connectivity index (χ4v) is 1.89. The Morgan fingerprint density at radius 1 is 1.50 bits per heavy atom. The summed E-state index contributed by atoms with van der Waals surface area (Å²) in [5.41, 5.74) is 0.456. The van der Waals surface area contributed by atoms with Crippen molar-refractivity contribution in [3.63, 3.8) is 0 Å². The molecule has 1 aromatic rings. The number of carbonyl (C=O) groups is 2. The van der Waals surface area contributed by atoms with Gasteiger partial charge in [0.15, 0.2) is 0 Å². The van der Waals surface area contributed by atoms with E-state index in [9.17, 15) is 9.59 Å². The number of methoxy groups -OCH3 is 1. The van der Waals surface area contributed by atoms with Gasteiger partial charge < -0.3 is 14.2 Å². The predicted molar refractivity (Wildman–Crippen MR) is 68.6 cm³/mol. The Balaban J connectivity index is 2.88. The van der Waals surface area contributed by atoms with Crippen LogP contribution in [0.3, 0.4) is 0 Å². The standard InChI is InChI=1S/C12H17ClN2O3/c1-4-5-15(8-11(16)18-3)12(17)10-6-9(13)7-14(10)2/h6-7H,4-5,8H2,1-3H3. The van der Waals surface area contributed by atoms with E-state index in [0.29, 0.717) is 17.3 Å². The zero-order valence-electron chi connectivity index (χ0n) is 10.8. The number of ether oxygens (including phenoxy) is 1. The van der Waals surface area contributed by atoms with Gasteiger partial charge in [0.2, 0.25) is 0 Å². The number of nitrogens with zero attached hydrogens (tertiary/aromatic N) is 2. The molecule has 0 saturated heterocycles. The summed E-state index contributed by atoms with van der Waals surface area (Å²) in [7, 11) is 3.04. The van der Waals surface area contributed by atoms with Gasteiger partial charge in [0.1, 0.15) is 12.2 Å². The molecule has 100 valence electrons. The minimum absolute atomic E-state index is 0.0496. The first kappa shape index (κ1) is 14.6. The third kappa shape index (κ3) is 3.50. The molecule has 0 spiro atoms. The first-order valence-corrected chi connectivity index (χ1v) is 6.05. The SMILES string of the molecule is CCCN(CC(=O)OC)C(=O)c1cc(Cl)cn1C. The summed E-state index contributed by atoms with van der Waals surface area (Å²) >= 11 is 5.84. The number of rotatable bonds is 5. The Labute approximate surface area is 111 Å². The van der Waals surface area contributed by atoms with E-state index in [1.54, 1.807) is 23.9 Å². The Morgan fingerprint density at radius 2 is 2.17 bits per heavy atom. The number of hydrogen-bond acceptors (Lipinski definition) is 3. The molecule has 0 aliphatic carbocycles. The number of esters is 1. The quantitative estimate of drug-likeness (QED) is 0.767. The second-order valence-corrected chi connectivity index (χ2v) is 4.39. The molecule has 0 atom stereocenters. The molecule has 18 heavy (non-hydrogen) atoms. The Kier molecular flexibility index (Phi) is 5.22. The van der Waals surface area contributed by atoms with Crippen LogP contribution in [0.4, 0.5) is 0 Å². The molecule has 0 bridgehead atoms. The van der Waals surface area contributed by atoms with Crippen molar-refractivity contribution in [1.29, 1.82) is 0 Å². The number of hydrogen-bond donors (Lipinski definition) is 0. The van der Waals surface area contributed by atoms with Gasteiger partial charge in [-0.25, -0.2) is 0 Å². The van der Waals surface area contributed by atoms with E-state index >= 15 is 0 Å². The topological polar surface area (TPSA) is 51.5 Å². The lowest BCUT2D eigenvalue weighted by molar-refractivity contribution is -0.141. The molecular formula is C12H17ClN2O3. The highest BCUT2D eigenvalue weighted by Crippen LogP contribution is 2.15. The van der Waals surface area contributed by atoms with Crippen molar-refractivity contribution in [2.45, 2.75) is 13.3 Å². The van der Waals surface area contributed by atoms with Crippen LogP contribution in [-0.4, -0.2) is 41.5 Å². The molecule has 6 heteroatoms. The fraction of sp³-hybridized carbons (Fsp3) is 0.500. The third-order valence-electron chi connectivity index (χ3n) is 2.52. The van der Waals surface area contributed by atoms with Crippen LogP contribution < -0.4 is 0 Å². The summed E-state index contributed by atoms with van der Waals surface area (Å²) in [6, 6.07) is 1.59. The summed E-state index contributed by atoms with van der Waals surface area (Å²) < 4.78 is 6.23. The molecule has 0 aliphatic heterocycles. The molecule has 5 nitrogen and oxygen atoms in total. The Bertz CT molecular complexity index is 443. The largest absolute Gasteiger partial charge is 0.468 e. The van der Waals surface area contributed by atoms with Gasteiger partial charge in [-0.3, -0.25) is 9.59 Å². The first-order valence-electron chi connectivity index (χ1n) is 5.67. The van der Waals surface area contributed by atoms with Crippen LogP contribution in [0.2, 0.25) is 5.02 Å². The van der Waals surface area contributed by atoms with Gasteiger partial charge in [0.05, 0.1) is 12.1 Å². The van der Waals surface area contributed by atoms with Gasteiger partial charge in [-0.2, -0.15) is 0 Å². The number of halogens is 1. The second kappa shape index (κ2) is 6.44. The number of aromatic nitrogens is 1. The molecule has 0 fully saturated rings. The summed E-state index contributed by atoms with van der Waals surface area (Å²) in [4.78, 5) is 25.0. The minimum Gasteiger partial charge on any atom is -0.468 e. The molecule has 1 rings (SSSR count).